The van der Waals surface area contributed by atoms with E-state index in [0.717, 1.165) is 65.9 Å². The zero-order valence-electron chi connectivity index (χ0n) is 31.7. The Balaban J connectivity index is 1.13. The Bertz CT molecular complexity index is 4060. The van der Waals surface area contributed by atoms with E-state index in [2.05, 4.69) is 45.2 Å². The van der Waals surface area contributed by atoms with Crippen LogP contribution >= 0.6 is 0 Å². The van der Waals surface area contributed by atoms with Gasteiger partial charge in [0.25, 0.3) is 0 Å². The fraction of sp³-hybridized carbons (Fsp3) is 0. The normalized spacial score (nSPS) is 12.3. The van der Waals surface area contributed by atoms with Crippen molar-refractivity contribution in [3.8, 4) is 22.3 Å². The second-order valence-electron chi connectivity index (χ2n) is 15.8. The van der Waals surface area contributed by atoms with Crippen molar-refractivity contribution in [2.45, 2.75) is 0 Å². The van der Waals surface area contributed by atoms with Crippen molar-refractivity contribution in [2.24, 2.45) is 0 Å². The Labute approximate surface area is 338 Å². The van der Waals surface area contributed by atoms with Gasteiger partial charge in [-0.05, 0) is 141 Å². The monoisotopic (exact) mass is 768 g/mol. The van der Waals surface area contributed by atoms with Gasteiger partial charge in [0, 0.05) is 43.1 Å². The minimum atomic E-state index is -0.141. The number of fused-ring (bicyclic) bond motifs is 10. The van der Waals surface area contributed by atoms with Crippen molar-refractivity contribution in [1.29, 1.82) is 0 Å². The second-order valence-corrected chi connectivity index (χ2v) is 15.8. The Kier molecular flexibility index (Phi) is 6.39. The third kappa shape index (κ3) is 4.26. The Morgan fingerprint density at radius 3 is 1.05 bits per heavy atom. The first-order valence-electron chi connectivity index (χ1n) is 19.9. The molecule has 0 aliphatic carbocycles. The van der Waals surface area contributed by atoms with Crippen LogP contribution in [-0.4, -0.2) is 8.80 Å². The van der Waals surface area contributed by atoms with Gasteiger partial charge in [-0.2, -0.15) is 0 Å². The number of aromatic nitrogens is 2. The van der Waals surface area contributed by atoms with E-state index in [1.165, 1.54) is 0 Å². The molecule has 0 aliphatic rings. The SMILES string of the molecule is O=c1c2ccccc2n2c3ccc(-c4cc5cc6ccccc6cc5cc4-c4ccc5c(c4)c(=O)c4cccc6c(=O)c7ccccc7n5c64)cc3c(=O)c3cccc1c32. The molecule has 0 saturated heterocycles. The van der Waals surface area contributed by atoms with E-state index in [1.54, 1.807) is 36.4 Å². The summed E-state index contributed by atoms with van der Waals surface area (Å²) in [4.78, 5) is 56.5. The maximum atomic E-state index is 14.6. The van der Waals surface area contributed by atoms with Crippen LogP contribution < -0.4 is 21.7 Å². The van der Waals surface area contributed by atoms with Gasteiger partial charge in [-0.25, -0.2) is 0 Å². The Morgan fingerprint density at radius 2 is 0.617 bits per heavy atom. The van der Waals surface area contributed by atoms with Gasteiger partial charge in [-0.15, -0.1) is 0 Å². The topological polar surface area (TPSA) is 77.1 Å². The van der Waals surface area contributed by atoms with Crippen molar-refractivity contribution >= 4 is 97.7 Å². The summed E-state index contributed by atoms with van der Waals surface area (Å²) in [5.41, 5.74) is 7.20. The van der Waals surface area contributed by atoms with Crippen molar-refractivity contribution < 1.29 is 0 Å². The van der Waals surface area contributed by atoms with E-state index < -0.39 is 0 Å². The van der Waals surface area contributed by atoms with E-state index in [4.69, 9.17) is 0 Å². The third-order valence-electron chi connectivity index (χ3n) is 12.7. The minimum Gasteiger partial charge on any atom is -0.308 e. The van der Waals surface area contributed by atoms with E-state index in [1.807, 2.05) is 97.1 Å². The molecule has 278 valence electrons. The first-order valence-corrected chi connectivity index (χ1v) is 19.9. The van der Waals surface area contributed by atoms with Crippen LogP contribution in [0.2, 0.25) is 0 Å². The zero-order valence-corrected chi connectivity index (χ0v) is 31.7. The number of rotatable bonds is 2. The van der Waals surface area contributed by atoms with Crippen LogP contribution in [0.25, 0.3) is 120 Å². The molecular weight excluding hydrogens is 741 g/mol. The van der Waals surface area contributed by atoms with Gasteiger partial charge in [0.05, 0.1) is 33.1 Å². The second kappa shape index (κ2) is 11.7. The highest BCUT2D eigenvalue weighted by Gasteiger charge is 2.21. The first kappa shape index (κ1) is 32.8. The first-order chi connectivity index (χ1) is 29.4. The van der Waals surface area contributed by atoms with Gasteiger partial charge in [0.2, 0.25) is 0 Å². The maximum Gasteiger partial charge on any atom is 0.197 e. The summed E-state index contributed by atoms with van der Waals surface area (Å²) in [5, 5.41) is 8.59. The standard InChI is InChI=1S/C54H28N2O4/c57-51-35-11-3-5-17-45(35)55-47-21-19-31(25-43(47)53(59)39-15-7-13-37(51)49(39)55)41-27-33-23-29-9-1-2-10-30(29)24-34(33)28-42(41)32-20-22-48-44(26-32)54(60)40-16-8-14-38-50(40)56(48)46-18-6-4-12-36(46)52(38)58/h1-28H. The number of hydrogen-bond acceptors (Lipinski definition) is 4. The molecule has 6 nitrogen and oxygen atoms in total. The summed E-state index contributed by atoms with van der Waals surface area (Å²) in [6.45, 7) is 0. The van der Waals surface area contributed by atoms with Gasteiger partial charge in [-0.1, -0.05) is 72.8 Å². The lowest BCUT2D eigenvalue weighted by Crippen LogP contribution is -2.14. The molecule has 0 fully saturated rings. The van der Waals surface area contributed by atoms with E-state index in [9.17, 15) is 19.2 Å². The number of hydrogen-bond donors (Lipinski definition) is 0. The van der Waals surface area contributed by atoms with Gasteiger partial charge in [0.15, 0.2) is 21.7 Å². The van der Waals surface area contributed by atoms with E-state index in [0.29, 0.717) is 54.1 Å². The summed E-state index contributed by atoms with van der Waals surface area (Å²) < 4.78 is 4.11. The van der Waals surface area contributed by atoms with Crippen molar-refractivity contribution in [1.82, 2.24) is 8.80 Å². The van der Waals surface area contributed by atoms with Crippen LogP contribution in [0.3, 0.4) is 0 Å². The highest BCUT2D eigenvalue weighted by molar-refractivity contribution is 6.11. The molecule has 13 aromatic rings. The largest absolute Gasteiger partial charge is 0.308 e. The Morgan fingerprint density at radius 1 is 0.267 bits per heavy atom. The quantitative estimate of drug-likeness (QED) is 0.130. The predicted molar refractivity (Wildman–Crippen MR) is 247 cm³/mol. The average Bonchev–Trinajstić information content (AvgIpc) is 3.29. The lowest BCUT2D eigenvalue weighted by molar-refractivity contribution is 1.31. The van der Waals surface area contributed by atoms with Crippen LogP contribution in [0, 0.1) is 0 Å². The fourth-order valence-electron chi connectivity index (χ4n) is 9.98. The average molecular weight is 769 g/mol. The van der Waals surface area contributed by atoms with Crippen molar-refractivity contribution in [3.05, 3.63) is 211 Å². The van der Waals surface area contributed by atoms with Crippen LogP contribution in [0.15, 0.2) is 189 Å². The molecule has 0 spiro atoms. The highest BCUT2D eigenvalue weighted by Crippen LogP contribution is 2.40. The molecule has 0 N–H and O–H groups in total. The number of para-hydroxylation sites is 4. The third-order valence-corrected chi connectivity index (χ3v) is 12.7. The Hall–Kier alpha value is -8.22. The number of benzene rings is 9. The summed E-state index contributed by atoms with van der Waals surface area (Å²) >= 11 is 0. The summed E-state index contributed by atoms with van der Waals surface area (Å²) in [5.74, 6) is 0. The van der Waals surface area contributed by atoms with Crippen LogP contribution in [0.1, 0.15) is 0 Å². The molecule has 0 aliphatic heterocycles. The molecule has 4 aromatic heterocycles. The molecule has 9 aromatic carbocycles. The van der Waals surface area contributed by atoms with Crippen molar-refractivity contribution in [3.63, 3.8) is 0 Å². The molecule has 0 saturated carbocycles. The van der Waals surface area contributed by atoms with Crippen LogP contribution in [0.4, 0.5) is 0 Å². The lowest BCUT2D eigenvalue weighted by atomic mass is 9.89. The summed E-state index contributed by atoms with van der Waals surface area (Å²) in [6.07, 6.45) is 0. The minimum absolute atomic E-state index is 0.0923. The molecule has 0 radical (unpaired) electrons. The summed E-state index contributed by atoms with van der Waals surface area (Å²) in [6, 6.07) is 55.0. The maximum absolute atomic E-state index is 14.6. The van der Waals surface area contributed by atoms with Crippen LogP contribution in [-0.2, 0) is 0 Å². The molecular formula is C54H28N2O4. The predicted octanol–water partition coefficient (Wildman–Crippen LogP) is 11.1. The smallest absolute Gasteiger partial charge is 0.197 e. The highest BCUT2D eigenvalue weighted by atomic mass is 16.1. The molecule has 0 atom stereocenters. The van der Waals surface area contributed by atoms with E-state index >= 15 is 0 Å². The van der Waals surface area contributed by atoms with Crippen LogP contribution in [0.5, 0.6) is 0 Å². The number of pyridine rings is 4. The van der Waals surface area contributed by atoms with Crippen molar-refractivity contribution in [2.75, 3.05) is 0 Å². The van der Waals surface area contributed by atoms with E-state index in [-0.39, 0.29) is 21.7 Å². The van der Waals surface area contributed by atoms with Gasteiger partial charge < -0.3 is 8.80 Å². The van der Waals surface area contributed by atoms with Gasteiger partial charge in [0.1, 0.15) is 0 Å². The molecule has 13 rings (SSSR count). The summed E-state index contributed by atoms with van der Waals surface area (Å²) in [7, 11) is 0. The molecule has 0 unspecified atom stereocenters. The molecule has 6 heteroatoms. The zero-order chi connectivity index (χ0) is 40.0. The van der Waals surface area contributed by atoms with Gasteiger partial charge in [-0.3, -0.25) is 19.2 Å². The molecule has 4 heterocycles. The molecule has 0 amide bonds. The molecule has 60 heavy (non-hydrogen) atoms. The van der Waals surface area contributed by atoms with Gasteiger partial charge >= 0.3 is 0 Å². The number of nitrogens with zero attached hydrogens (tertiary/aromatic N) is 2. The lowest BCUT2D eigenvalue weighted by Gasteiger charge is -2.18. The fourth-order valence-corrected chi connectivity index (χ4v) is 9.98. The molecule has 0 bridgehead atoms.